The van der Waals surface area contributed by atoms with E-state index in [1.54, 1.807) is 11.1 Å². The van der Waals surface area contributed by atoms with E-state index < -0.39 is 11.6 Å². The second-order valence-electron chi connectivity index (χ2n) is 11.3. The number of hydrogen-bond donors (Lipinski definition) is 1. The lowest BCUT2D eigenvalue weighted by Gasteiger charge is -2.41. The van der Waals surface area contributed by atoms with Crippen LogP contribution in [0.5, 0.6) is 0 Å². The highest BCUT2D eigenvalue weighted by molar-refractivity contribution is 5.97. The van der Waals surface area contributed by atoms with Crippen molar-refractivity contribution in [3.05, 3.63) is 58.9 Å². The van der Waals surface area contributed by atoms with Gasteiger partial charge in [0, 0.05) is 75.3 Å². The van der Waals surface area contributed by atoms with Crippen LogP contribution in [0.3, 0.4) is 0 Å². The van der Waals surface area contributed by atoms with Crippen LogP contribution < -0.4 is 10.2 Å². The van der Waals surface area contributed by atoms with Crippen molar-refractivity contribution >= 4 is 17.5 Å². The molecule has 3 aliphatic rings. The Balaban J connectivity index is 1.35. The zero-order valence-electron chi connectivity index (χ0n) is 21.8. The van der Waals surface area contributed by atoms with Crippen LogP contribution >= 0.6 is 0 Å². The summed E-state index contributed by atoms with van der Waals surface area (Å²) in [6.07, 6.45) is 3.48. The summed E-state index contributed by atoms with van der Waals surface area (Å²) >= 11 is 0. The standard InChI is InChI=1S/C28H35F2N5O2/c1-18-14-34(22(13-31-18)15-33-8-4-5-25(33)36)16-26(37)35-17-28(2,3)27-24(35)10-19(12-32-27)9-20-6-7-21(29)11-23(20)30/h6-7,10-12,18,22,31H,4-5,8-9,13-17H2,1-3H3/t18-,22-/m1/s1. The fraction of sp³-hybridized carbons (Fsp3) is 0.536. The van der Waals surface area contributed by atoms with Gasteiger partial charge >= 0.3 is 0 Å². The lowest BCUT2D eigenvalue weighted by atomic mass is 9.91. The smallest absolute Gasteiger partial charge is 0.241 e. The third-order valence-corrected chi connectivity index (χ3v) is 7.79. The van der Waals surface area contributed by atoms with E-state index >= 15 is 0 Å². The number of hydrogen-bond acceptors (Lipinski definition) is 5. The van der Waals surface area contributed by atoms with Crippen molar-refractivity contribution in [2.75, 3.05) is 44.2 Å². The number of carbonyl (C=O) groups excluding carboxylic acids is 2. The van der Waals surface area contributed by atoms with Gasteiger partial charge in [-0.05, 0) is 36.6 Å². The monoisotopic (exact) mass is 511 g/mol. The largest absolute Gasteiger partial charge is 0.341 e. The van der Waals surface area contributed by atoms with Crippen molar-refractivity contribution in [1.29, 1.82) is 0 Å². The number of rotatable bonds is 6. The predicted molar refractivity (Wildman–Crippen MR) is 137 cm³/mol. The van der Waals surface area contributed by atoms with E-state index in [9.17, 15) is 18.4 Å². The molecule has 5 rings (SSSR count). The molecule has 0 bridgehead atoms. The zero-order chi connectivity index (χ0) is 26.3. The maximum Gasteiger partial charge on any atom is 0.241 e. The first-order valence-corrected chi connectivity index (χ1v) is 13.1. The summed E-state index contributed by atoms with van der Waals surface area (Å²) in [5, 5.41) is 3.49. The molecular weight excluding hydrogens is 476 g/mol. The number of aromatic nitrogens is 1. The van der Waals surface area contributed by atoms with E-state index in [0.717, 1.165) is 49.1 Å². The number of benzene rings is 1. The van der Waals surface area contributed by atoms with Crippen molar-refractivity contribution in [3.8, 4) is 0 Å². The van der Waals surface area contributed by atoms with Crippen molar-refractivity contribution in [2.45, 2.75) is 57.5 Å². The van der Waals surface area contributed by atoms with Crippen LogP contribution in [0.4, 0.5) is 14.5 Å². The van der Waals surface area contributed by atoms with E-state index in [1.807, 2.05) is 11.0 Å². The third-order valence-electron chi connectivity index (χ3n) is 7.79. The molecule has 0 unspecified atom stereocenters. The molecular formula is C28H35F2N5O2. The van der Waals surface area contributed by atoms with Crippen LogP contribution in [0, 0.1) is 11.6 Å². The molecule has 9 heteroatoms. The number of pyridine rings is 1. The van der Waals surface area contributed by atoms with Crippen LogP contribution in [0.2, 0.25) is 0 Å². The maximum absolute atomic E-state index is 14.3. The Bertz CT molecular complexity index is 1200. The minimum Gasteiger partial charge on any atom is -0.341 e. The van der Waals surface area contributed by atoms with Gasteiger partial charge in [-0.2, -0.15) is 0 Å². The van der Waals surface area contributed by atoms with E-state index in [1.165, 1.54) is 12.1 Å². The molecule has 2 fully saturated rings. The van der Waals surface area contributed by atoms with Crippen LogP contribution in [0.15, 0.2) is 30.5 Å². The molecule has 2 amide bonds. The van der Waals surface area contributed by atoms with E-state index in [2.05, 4.69) is 36.0 Å². The number of likely N-dealkylation sites (tertiary alicyclic amines) is 1. The molecule has 0 spiro atoms. The Hall–Kier alpha value is -2.91. The summed E-state index contributed by atoms with van der Waals surface area (Å²) in [6.45, 7) is 9.88. The molecule has 198 valence electrons. The van der Waals surface area contributed by atoms with E-state index in [-0.39, 0.29) is 42.3 Å². The molecule has 2 atom stereocenters. The number of nitrogens with one attached hydrogen (secondary N) is 1. The molecule has 7 nitrogen and oxygen atoms in total. The molecule has 4 heterocycles. The Morgan fingerprint density at radius 2 is 2.05 bits per heavy atom. The number of amides is 2. The van der Waals surface area contributed by atoms with Crippen molar-refractivity contribution in [2.24, 2.45) is 0 Å². The van der Waals surface area contributed by atoms with Gasteiger partial charge in [0.05, 0.1) is 17.9 Å². The average Bonchev–Trinajstić information content (AvgIpc) is 3.36. The Labute approximate surface area is 216 Å². The Morgan fingerprint density at radius 3 is 2.78 bits per heavy atom. The highest BCUT2D eigenvalue weighted by atomic mass is 19.1. The van der Waals surface area contributed by atoms with Gasteiger partial charge in [-0.25, -0.2) is 8.78 Å². The van der Waals surface area contributed by atoms with Gasteiger partial charge in [0.2, 0.25) is 11.8 Å². The normalized spacial score (nSPS) is 23.5. The van der Waals surface area contributed by atoms with Crippen molar-refractivity contribution in [3.63, 3.8) is 0 Å². The second-order valence-corrected chi connectivity index (χ2v) is 11.3. The molecule has 37 heavy (non-hydrogen) atoms. The summed E-state index contributed by atoms with van der Waals surface area (Å²) < 4.78 is 27.6. The number of halogens is 2. The maximum atomic E-state index is 14.3. The minimum absolute atomic E-state index is 0.00872. The number of piperazine rings is 1. The molecule has 1 aromatic heterocycles. The van der Waals surface area contributed by atoms with Gasteiger partial charge in [0.15, 0.2) is 0 Å². The quantitative estimate of drug-likeness (QED) is 0.646. The molecule has 0 aliphatic carbocycles. The van der Waals surface area contributed by atoms with Gasteiger partial charge in [0.1, 0.15) is 11.6 Å². The van der Waals surface area contributed by atoms with E-state index in [4.69, 9.17) is 0 Å². The highest BCUT2D eigenvalue weighted by Gasteiger charge is 2.41. The first kappa shape index (κ1) is 25.7. The van der Waals surface area contributed by atoms with Crippen LogP contribution in [0.25, 0.3) is 0 Å². The van der Waals surface area contributed by atoms with Gasteiger partial charge in [0.25, 0.3) is 0 Å². The number of carbonyl (C=O) groups is 2. The van der Waals surface area contributed by atoms with Crippen molar-refractivity contribution in [1.82, 2.24) is 20.1 Å². The first-order valence-electron chi connectivity index (χ1n) is 13.1. The third kappa shape index (κ3) is 5.38. The number of anilines is 1. The van der Waals surface area contributed by atoms with Crippen molar-refractivity contribution < 1.29 is 18.4 Å². The van der Waals surface area contributed by atoms with Crippen LogP contribution in [0.1, 0.15) is 50.4 Å². The summed E-state index contributed by atoms with van der Waals surface area (Å²) in [6, 6.07) is 5.82. The van der Waals surface area contributed by atoms with Gasteiger partial charge in [-0.3, -0.25) is 19.5 Å². The Morgan fingerprint density at radius 1 is 1.24 bits per heavy atom. The molecule has 1 aromatic carbocycles. The molecule has 0 saturated carbocycles. The average molecular weight is 512 g/mol. The topological polar surface area (TPSA) is 68.8 Å². The molecule has 1 N–H and O–H groups in total. The van der Waals surface area contributed by atoms with E-state index in [0.29, 0.717) is 25.1 Å². The molecule has 2 saturated heterocycles. The highest BCUT2D eigenvalue weighted by Crippen LogP contribution is 2.40. The summed E-state index contributed by atoms with van der Waals surface area (Å²) in [5.41, 5.74) is 2.43. The van der Waals surface area contributed by atoms with Gasteiger partial charge in [-0.1, -0.05) is 19.9 Å². The lowest BCUT2D eigenvalue weighted by molar-refractivity contribution is -0.128. The minimum atomic E-state index is -0.610. The van der Waals surface area contributed by atoms with Gasteiger partial charge < -0.3 is 15.1 Å². The molecule has 0 radical (unpaired) electrons. The lowest BCUT2D eigenvalue weighted by Crippen LogP contribution is -2.60. The number of fused-ring (bicyclic) bond motifs is 1. The Kier molecular flexibility index (Phi) is 7.02. The predicted octanol–water partition coefficient (Wildman–Crippen LogP) is 2.86. The van der Waals surface area contributed by atoms with Crippen LogP contribution in [-0.2, 0) is 21.4 Å². The van der Waals surface area contributed by atoms with Crippen LogP contribution in [-0.4, -0.2) is 78.0 Å². The summed E-state index contributed by atoms with van der Waals surface area (Å²) in [5.74, 6) is -1.02. The second kappa shape index (κ2) is 10.1. The summed E-state index contributed by atoms with van der Waals surface area (Å²) in [7, 11) is 0. The molecule has 3 aliphatic heterocycles. The fourth-order valence-corrected chi connectivity index (χ4v) is 5.80. The van der Waals surface area contributed by atoms with Gasteiger partial charge in [-0.15, -0.1) is 0 Å². The number of nitrogens with zero attached hydrogens (tertiary/aromatic N) is 4. The zero-order valence-corrected chi connectivity index (χ0v) is 21.8. The fourth-order valence-electron chi connectivity index (χ4n) is 5.80. The molecule has 2 aromatic rings. The summed E-state index contributed by atoms with van der Waals surface area (Å²) in [4.78, 5) is 36.6. The first-order chi connectivity index (χ1) is 17.6. The SMILES string of the molecule is C[C@@H]1CN(CC(=O)N2CC(C)(C)c3ncc(Cc4ccc(F)cc4F)cc32)[C@@H](CN2CCCC2=O)CN1.